The molecular weight excluding hydrogens is 314 g/mol. The number of piperidine rings is 1. The molecule has 6 rings (SSSR count). The summed E-state index contributed by atoms with van der Waals surface area (Å²) in [5.74, 6) is 0.134. The van der Waals surface area contributed by atoms with Crippen molar-refractivity contribution in [2.24, 2.45) is 0 Å². The summed E-state index contributed by atoms with van der Waals surface area (Å²) in [4.78, 5) is 27.2. The number of ether oxygens (including phenoxy) is 2. The Kier molecular flexibility index (Phi) is 1.98. The lowest BCUT2D eigenvalue weighted by molar-refractivity contribution is -0.142. The molecule has 1 aromatic carbocycles. The minimum atomic E-state index is -1.62. The third kappa shape index (κ3) is 1.08. The van der Waals surface area contributed by atoms with Crippen molar-refractivity contribution < 1.29 is 29.3 Å². The van der Waals surface area contributed by atoms with Crippen LogP contribution in [0.2, 0.25) is 0 Å². The summed E-state index contributed by atoms with van der Waals surface area (Å²) < 4.78 is 10.8. The zero-order chi connectivity index (χ0) is 16.4. The minimum absolute atomic E-state index is 0.100. The number of Topliss-reactive ketones (excluding diaryl/α,β-unsaturated/α-hetero) is 1. The number of fused-ring (bicyclic) bond motifs is 3. The van der Waals surface area contributed by atoms with Crippen LogP contribution in [0, 0.1) is 0 Å². The van der Waals surface area contributed by atoms with Crippen LogP contribution in [0.25, 0.3) is 0 Å². The summed E-state index contributed by atoms with van der Waals surface area (Å²) in [6.07, 6.45) is 0.186. The molecule has 2 aliphatic carbocycles. The van der Waals surface area contributed by atoms with Gasteiger partial charge in [0.05, 0.1) is 11.6 Å². The van der Waals surface area contributed by atoms with E-state index in [9.17, 15) is 19.8 Å². The number of carbonyl (C=O) groups is 2. The normalized spacial score (nSPS) is 43.4. The van der Waals surface area contributed by atoms with Gasteiger partial charge in [0.25, 0.3) is 0 Å². The highest BCUT2D eigenvalue weighted by Crippen LogP contribution is 2.68. The second-order valence-corrected chi connectivity index (χ2v) is 7.47. The van der Waals surface area contributed by atoms with E-state index in [1.54, 1.807) is 17.0 Å². The number of aliphatic hydroxyl groups excluding tert-OH is 1. The number of carbonyl (C=O) groups excluding carboxylic acids is 2. The van der Waals surface area contributed by atoms with Crippen molar-refractivity contribution in [2.75, 3.05) is 6.79 Å². The molecule has 3 heterocycles. The van der Waals surface area contributed by atoms with E-state index in [0.29, 0.717) is 41.9 Å². The molecule has 1 amide bonds. The van der Waals surface area contributed by atoms with Crippen molar-refractivity contribution in [1.29, 1.82) is 0 Å². The molecule has 124 valence electrons. The van der Waals surface area contributed by atoms with E-state index in [1.165, 1.54) is 0 Å². The van der Waals surface area contributed by atoms with Crippen LogP contribution in [0.15, 0.2) is 12.1 Å². The van der Waals surface area contributed by atoms with Crippen LogP contribution in [0.1, 0.15) is 41.1 Å². The van der Waals surface area contributed by atoms with Crippen LogP contribution in [0.5, 0.6) is 11.5 Å². The molecule has 24 heavy (non-hydrogen) atoms. The molecule has 7 heteroatoms. The van der Waals surface area contributed by atoms with Gasteiger partial charge in [0.2, 0.25) is 12.7 Å². The Bertz CT molecular complexity index is 852. The lowest BCUT2D eigenvalue weighted by atomic mass is 9.69. The quantitative estimate of drug-likeness (QED) is 0.692. The molecule has 1 aromatic rings. The van der Waals surface area contributed by atoms with E-state index in [4.69, 9.17) is 9.47 Å². The summed E-state index contributed by atoms with van der Waals surface area (Å²) in [5.41, 5.74) is -1.16. The monoisotopic (exact) mass is 329 g/mol. The number of aliphatic hydroxyl groups is 2. The maximum Gasteiger partial charge on any atom is 0.231 e. The Balaban J connectivity index is 1.68. The lowest BCUT2D eigenvalue weighted by Gasteiger charge is -2.42. The van der Waals surface area contributed by atoms with E-state index < -0.39 is 29.2 Å². The average Bonchev–Trinajstić information content (AvgIpc) is 3.21. The Hall–Kier alpha value is -2.12. The van der Waals surface area contributed by atoms with E-state index in [2.05, 4.69) is 0 Å². The number of ketones is 1. The zero-order valence-electron chi connectivity index (χ0n) is 12.7. The van der Waals surface area contributed by atoms with Gasteiger partial charge in [-0.2, -0.15) is 0 Å². The van der Waals surface area contributed by atoms with Gasteiger partial charge in [0.1, 0.15) is 11.6 Å². The molecule has 0 radical (unpaired) electrons. The second-order valence-electron chi connectivity index (χ2n) is 7.47. The number of hydrogen-bond acceptors (Lipinski definition) is 6. The second kappa shape index (κ2) is 3.60. The van der Waals surface area contributed by atoms with Gasteiger partial charge in [-0.05, 0) is 24.1 Å². The summed E-state index contributed by atoms with van der Waals surface area (Å²) >= 11 is 0. The van der Waals surface area contributed by atoms with Gasteiger partial charge < -0.3 is 24.6 Å². The molecule has 7 nitrogen and oxygen atoms in total. The van der Waals surface area contributed by atoms with Crippen LogP contribution < -0.4 is 9.47 Å². The topological polar surface area (TPSA) is 96.3 Å². The van der Waals surface area contributed by atoms with Crippen molar-refractivity contribution in [3.8, 4) is 11.5 Å². The highest BCUT2D eigenvalue weighted by atomic mass is 16.7. The summed E-state index contributed by atoms with van der Waals surface area (Å²) in [6.45, 7) is 0.100. The number of amides is 1. The largest absolute Gasteiger partial charge is 0.454 e. The average molecular weight is 329 g/mol. The van der Waals surface area contributed by atoms with Crippen LogP contribution in [0.4, 0.5) is 0 Å². The van der Waals surface area contributed by atoms with Crippen LogP contribution in [-0.2, 0) is 4.79 Å². The van der Waals surface area contributed by atoms with Gasteiger partial charge >= 0.3 is 0 Å². The van der Waals surface area contributed by atoms with E-state index in [1.807, 2.05) is 0 Å². The van der Waals surface area contributed by atoms with Crippen molar-refractivity contribution in [1.82, 2.24) is 4.90 Å². The summed E-state index contributed by atoms with van der Waals surface area (Å²) in [7, 11) is 0. The fourth-order valence-corrected chi connectivity index (χ4v) is 5.91. The number of rotatable bonds is 0. The van der Waals surface area contributed by atoms with E-state index in [-0.39, 0.29) is 18.5 Å². The summed E-state index contributed by atoms with van der Waals surface area (Å²) in [5, 5.41) is 21.9. The van der Waals surface area contributed by atoms with Crippen molar-refractivity contribution >= 4 is 11.7 Å². The first kappa shape index (κ1) is 13.2. The molecule has 4 bridgehead atoms. The predicted molar refractivity (Wildman–Crippen MR) is 77.8 cm³/mol. The zero-order valence-corrected chi connectivity index (χ0v) is 12.7. The van der Waals surface area contributed by atoms with Gasteiger partial charge in [0.15, 0.2) is 17.3 Å². The van der Waals surface area contributed by atoms with E-state index in [0.717, 1.165) is 0 Å². The van der Waals surface area contributed by atoms with E-state index >= 15 is 0 Å². The number of nitrogens with zero attached hydrogens (tertiary/aromatic N) is 1. The Morgan fingerprint density at radius 2 is 1.96 bits per heavy atom. The molecule has 0 unspecified atom stereocenters. The number of benzene rings is 1. The third-order valence-electron chi connectivity index (χ3n) is 6.67. The first-order chi connectivity index (χ1) is 11.5. The fraction of sp³-hybridized carbons (Fsp3) is 0.529. The molecule has 5 atom stereocenters. The molecule has 2 saturated heterocycles. The molecule has 1 spiro atoms. The van der Waals surface area contributed by atoms with Crippen molar-refractivity contribution in [2.45, 2.75) is 48.5 Å². The molecular formula is C17H15NO6. The Morgan fingerprint density at radius 3 is 2.75 bits per heavy atom. The molecule has 2 N–H and O–H groups in total. The van der Waals surface area contributed by atoms with Crippen LogP contribution in [-0.4, -0.2) is 56.9 Å². The predicted octanol–water partition coefficient (Wildman–Crippen LogP) is -0.0657. The van der Waals surface area contributed by atoms with Gasteiger partial charge in [-0.15, -0.1) is 0 Å². The molecule has 3 fully saturated rings. The SMILES string of the molecule is O=C1c2cc3c(cc2[C@@H]2[C@@]4(O)[C@H](O)C[C@@]25CCC(=O)N5[C@H]14)OCO3. The molecule has 5 aliphatic rings. The van der Waals surface area contributed by atoms with Crippen LogP contribution in [0.3, 0.4) is 0 Å². The maximum absolute atomic E-state index is 13.1. The molecule has 1 saturated carbocycles. The first-order valence-corrected chi connectivity index (χ1v) is 8.19. The van der Waals surface area contributed by atoms with Gasteiger partial charge in [-0.25, -0.2) is 0 Å². The molecule has 3 aliphatic heterocycles. The molecule has 0 aromatic heterocycles. The standard InChI is InChI=1S/C17H15NO6/c19-11-5-16-2-1-12(20)18(16)15-13(21)7-3-9-10(24-6-23-9)4-8(7)14(16)17(11,15)22/h3-4,11,14-15,19,22H,1-2,5-6H2/t11-,14+,15-,16+,17+/m1/s1. The smallest absolute Gasteiger partial charge is 0.231 e. The lowest BCUT2D eigenvalue weighted by Crippen LogP contribution is -2.62. The Morgan fingerprint density at radius 1 is 1.21 bits per heavy atom. The maximum atomic E-state index is 13.1. The van der Waals surface area contributed by atoms with Crippen LogP contribution >= 0.6 is 0 Å². The number of hydrogen-bond donors (Lipinski definition) is 2. The van der Waals surface area contributed by atoms with Gasteiger partial charge in [-0.3, -0.25) is 9.59 Å². The fourth-order valence-electron chi connectivity index (χ4n) is 5.91. The van der Waals surface area contributed by atoms with Crippen molar-refractivity contribution in [3.63, 3.8) is 0 Å². The van der Waals surface area contributed by atoms with Gasteiger partial charge in [-0.1, -0.05) is 0 Å². The minimum Gasteiger partial charge on any atom is -0.454 e. The van der Waals surface area contributed by atoms with Crippen molar-refractivity contribution in [3.05, 3.63) is 23.3 Å². The highest BCUT2D eigenvalue weighted by Gasteiger charge is 2.80. The Labute approximate surface area is 136 Å². The third-order valence-corrected chi connectivity index (χ3v) is 6.67. The highest BCUT2D eigenvalue weighted by molar-refractivity contribution is 6.08. The first-order valence-electron chi connectivity index (χ1n) is 8.19. The summed E-state index contributed by atoms with van der Waals surface area (Å²) in [6, 6.07) is 2.39. The van der Waals surface area contributed by atoms with Gasteiger partial charge in [0, 0.05) is 24.3 Å².